The zero-order valence-electron chi connectivity index (χ0n) is 46.5. The standard InChI is InChI=1S/C64H114O6/c1-4-7-10-13-16-19-22-24-25-26-27-28-29-30-31-32-33-34-35-36-37-38-39-41-42-45-48-51-54-57-63(66)69-60-61(59-68-62(65)56-53-50-47-44-21-18-15-12-9-6-3)70-64(67)58-55-52-49-46-43-40-23-20-17-14-11-8-5-2/h7,10,16,19,24-25,27-28,30-31,61H,4-6,8-9,11-15,17-18,20-23,26,29,32-60H2,1-3H3/b10-7-,19-16-,25-24-,28-27-,31-30-. The Balaban J connectivity index is 4.13. The first-order chi connectivity index (χ1) is 34.5. The fourth-order valence-corrected chi connectivity index (χ4v) is 8.77. The van der Waals surface area contributed by atoms with Gasteiger partial charge in [-0.15, -0.1) is 0 Å². The quantitative estimate of drug-likeness (QED) is 0.0261. The van der Waals surface area contributed by atoms with E-state index in [1.54, 1.807) is 0 Å². The van der Waals surface area contributed by atoms with E-state index in [4.69, 9.17) is 14.2 Å². The van der Waals surface area contributed by atoms with Crippen molar-refractivity contribution < 1.29 is 28.6 Å². The predicted molar refractivity (Wildman–Crippen MR) is 302 cm³/mol. The Labute approximate surface area is 434 Å². The highest BCUT2D eigenvalue weighted by molar-refractivity contribution is 5.71. The van der Waals surface area contributed by atoms with E-state index in [1.165, 1.54) is 180 Å². The van der Waals surface area contributed by atoms with Crippen LogP contribution in [0, 0.1) is 0 Å². The van der Waals surface area contributed by atoms with E-state index in [9.17, 15) is 14.4 Å². The Morgan fingerprint density at radius 2 is 0.557 bits per heavy atom. The molecule has 0 N–H and O–H groups in total. The van der Waals surface area contributed by atoms with Gasteiger partial charge in [0.05, 0.1) is 0 Å². The predicted octanol–water partition coefficient (Wildman–Crippen LogP) is 20.4. The van der Waals surface area contributed by atoms with Crippen molar-refractivity contribution in [1.29, 1.82) is 0 Å². The number of ether oxygens (including phenoxy) is 3. The van der Waals surface area contributed by atoms with Crippen LogP contribution in [0.15, 0.2) is 60.8 Å². The first-order valence-corrected chi connectivity index (χ1v) is 30.3. The first-order valence-electron chi connectivity index (χ1n) is 30.3. The van der Waals surface area contributed by atoms with E-state index >= 15 is 0 Å². The van der Waals surface area contributed by atoms with Crippen molar-refractivity contribution in [3.63, 3.8) is 0 Å². The van der Waals surface area contributed by atoms with Gasteiger partial charge in [-0.2, -0.15) is 0 Å². The molecule has 0 rings (SSSR count). The van der Waals surface area contributed by atoms with Crippen LogP contribution in [0.1, 0.15) is 310 Å². The van der Waals surface area contributed by atoms with Crippen molar-refractivity contribution in [3.05, 3.63) is 60.8 Å². The molecule has 0 saturated carbocycles. The highest BCUT2D eigenvalue weighted by Crippen LogP contribution is 2.17. The molecule has 0 aliphatic heterocycles. The van der Waals surface area contributed by atoms with Crippen molar-refractivity contribution in [1.82, 2.24) is 0 Å². The van der Waals surface area contributed by atoms with E-state index in [0.29, 0.717) is 19.3 Å². The summed E-state index contributed by atoms with van der Waals surface area (Å²) in [6.45, 7) is 6.54. The van der Waals surface area contributed by atoms with Crippen molar-refractivity contribution in [2.45, 2.75) is 316 Å². The number of hydrogen-bond acceptors (Lipinski definition) is 6. The Hall–Kier alpha value is -2.89. The Morgan fingerprint density at radius 1 is 0.300 bits per heavy atom. The van der Waals surface area contributed by atoms with Crippen molar-refractivity contribution in [3.8, 4) is 0 Å². The molecular weight excluding hydrogens is 865 g/mol. The molecule has 1 atom stereocenters. The average Bonchev–Trinajstić information content (AvgIpc) is 3.36. The molecule has 0 saturated heterocycles. The number of rotatable bonds is 55. The van der Waals surface area contributed by atoms with Gasteiger partial charge in [-0.3, -0.25) is 14.4 Å². The van der Waals surface area contributed by atoms with Gasteiger partial charge in [0.2, 0.25) is 0 Å². The molecule has 6 heteroatoms. The zero-order chi connectivity index (χ0) is 50.7. The second-order valence-corrected chi connectivity index (χ2v) is 20.2. The number of esters is 3. The third-order valence-electron chi connectivity index (χ3n) is 13.3. The fraction of sp³-hybridized carbons (Fsp3) is 0.797. The van der Waals surface area contributed by atoms with Gasteiger partial charge in [-0.25, -0.2) is 0 Å². The van der Waals surface area contributed by atoms with Crippen LogP contribution in [-0.4, -0.2) is 37.2 Å². The van der Waals surface area contributed by atoms with Gasteiger partial charge in [0.1, 0.15) is 13.2 Å². The number of allylic oxidation sites excluding steroid dienone is 10. The highest BCUT2D eigenvalue weighted by atomic mass is 16.6. The van der Waals surface area contributed by atoms with Crippen molar-refractivity contribution >= 4 is 17.9 Å². The van der Waals surface area contributed by atoms with Crippen LogP contribution in [-0.2, 0) is 28.6 Å². The summed E-state index contributed by atoms with van der Waals surface area (Å²) in [4.78, 5) is 38.1. The number of carbonyl (C=O) groups is 3. The Morgan fingerprint density at radius 3 is 0.871 bits per heavy atom. The van der Waals surface area contributed by atoms with Crippen LogP contribution in [0.3, 0.4) is 0 Å². The van der Waals surface area contributed by atoms with Gasteiger partial charge in [-0.1, -0.05) is 287 Å². The summed E-state index contributed by atoms with van der Waals surface area (Å²) in [5, 5.41) is 0. The molecule has 6 nitrogen and oxygen atoms in total. The van der Waals surface area contributed by atoms with Gasteiger partial charge in [0, 0.05) is 19.3 Å². The van der Waals surface area contributed by atoms with Crippen LogP contribution < -0.4 is 0 Å². The van der Waals surface area contributed by atoms with Crippen LogP contribution >= 0.6 is 0 Å². The lowest BCUT2D eigenvalue weighted by Crippen LogP contribution is -2.30. The Bertz CT molecular complexity index is 1260. The highest BCUT2D eigenvalue weighted by Gasteiger charge is 2.19. The van der Waals surface area contributed by atoms with E-state index in [1.807, 2.05) is 0 Å². The molecule has 0 amide bonds. The lowest BCUT2D eigenvalue weighted by Gasteiger charge is -2.18. The van der Waals surface area contributed by atoms with Crippen LogP contribution in [0.2, 0.25) is 0 Å². The summed E-state index contributed by atoms with van der Waals surface area (Å²) in [5.41, 5.74) is 0. The van der Waals surface area contributed by atoms with Gasteiger partial charge >= 0.3 is 17.9 Å². The molecule has 0 heterocycles. The maximum atomic E-state index is 12.8. The molecule has 0 spiro atoms. The third-order valence-corrected chi connectivity index (χ3v) is 13.3. The third kappa shape index (κ3) is 56.0. The molecule has 0 aliphatic rings. The SMILES string of the molecule is CC/C=C\C/C=C\C/C=C\C/C=C\C/C=C\CCCCCCCCCCCCCCCC(=O)OCC(COC(=O)CCCCCCCCCCCC)OC(=O)CCCCCCCCCCCCCCC. The number of carbonyl (C=O) groups excluding carboxylic acids is 3. The summed E-state index contributed by atoms with van der Waals surface area (Å²) < 4.78 is 16.9. The van der Waals surface area contributed by atoms with Gasteiger partial charge in [0.15, 0.2) is 6.10 Å². The van der Waals surface area contributed by atoms with Crippen molar-refractivity contribution in [2.75, 3.05) is 13.2 Å². The fourth-order valence-electron chi connectivity index (χ4n) is 8.77. The lowest BCUT2D eigenvalue weighted by atomic mass is 10.0. The lowest BCUT2D eigenvalue weighted by molar-refractivity contribution is -0.167. The minimum absolute atomic E-state index is 0.0688. The summed E-state index contributed by atoms with van der Waals surface area (Å²) in [6, 6.07) is 0. The molecule has 0 aliphatic carbocycles. The molecule has 0 aromatic rings. The summed E-state index contributed by atoms with van der Waals surface area (Å²) in [5.74, 6) is -0.857. The zero-order valence-corrected chi connectivity index (χ0v) is 46.5. The van der Waals surface area contributed by atoms with Gasteiger partial charge in [-0.05, 0) is 64.2 Å². The van der Waals surface area contributed by atoms with Crippen LogP contribution in [0.25, 0.3) is 0 Å². The number of hydrogen-bond donors (Lipinski definition) is 0. The first kappa shape index (κ1) is 67.1. The maximum absolute atomic E-state index is 12.8. The average molecular weight is 980 g/mol. The molecule has 0 bridgehead atoms. The summed E-state index contributed by atoms with van der Waals surface area (Å²) >= 11 is 0. The minimum Gasteiger partial charge on any atom is -0.462 e. The second-order valence-electron chi connectivity index (χ2n) is 20.2. The molecule has 406 valence electrons. The van der Waals surface area contributed by atoms with Crippen molar-refractivity contribution in [2.24, 2.45) is 0 Å². The monoisotopic (exact) mass is 979 g/mol. The van der Waals surface area contributed by atoms with E-state index in [-0.39, 0.29) is 31.1 Å². The maximum Gasteiger partial charge on any atom is 0.306 e. The largest absolute Gasteiger partial charge is 0.462 e. The second kappa shape index (κ2) is 58.7. The Kier molecular flexibility index (Phi) is 56.3. The molecule has 0 radical (unpaired) electrons. The normalized spacial score (nSPS) is 12.4. The van der Waals surface area contributed by atoms with E-state index in [2.05, 4.69) is 81.5 Å². The summed E-state index contributed by atoms with van der Waals surface area (Å²) in [6.07, 6.45) is 73.7. The van der Waals surface area contributed by atoms with E-state index < -0.39 is 6.10 Å². The molecule has 1 unspecified atom stereocenters. The molecular formula is C64H114O6. The molecule has 0 fully saturated rings. The number of unbranched alkanes of at least 4 members (excludes halogenated alkanes) is 34. The molecule has 70 heavy (non-hydrogen) atoms. The van der Waals surface area contributed by atoms with E-state index in [0.717, 1.165) is 89.9 Å². The van der Waals surface area contributed by atoms with Crippen LogP contribution in [0.4, 0.5) is 0 Å². The molecule has 0 aromatic carbocycles. The molecule has 0 aromatic heterocycles. The van der Waals surface area contributed by atoms with Gasteiger partial charge in [0.25, 0.3) is 0 Å². The topological polar surface area (TPSA) is 78.9 Å². The smallest absolute Gasteiger partial charge is 0.306 e. The minimum atomic E-state index is -0.768. The van der Waals surface area contributed by atoms with Crippen LogP contribution in [0.5, 0.6) is 0 Å². The van der Waals surface area contributed by atoms with Gasteiger partial charge < -0.3 is 14.2 Å². The summed E-state index contributed by atoms with van der Waals surface area (Å²) in [7, 11) is 0.